The summed E-state index contributed by atoms with van der Waals surface area (Å²) in [7, 11) is 4.24. The average molecular weight is 496 g/mol. The smallest absolute Gasteiger partial charge is 0.322 e. The van der Waals surface area contributed by atoms with Crippen LogP contribution in [0.5, 0.6) is 0 Å². The molecule has 0 bridgehead atoms. The summed E-state index contributed by atoms with van der Waals surface area (Å²) in [4.78, 5) is 17.9. The van der Waals surface area contributed by atoms with Gasteiger partial charge in [0.25, 0.3) is 5.91 Å². The number of hydrogen-bond donors (Lipinski definition) is 1. The molecule has 1 heterocycles. The van der Waals surface area contributed by atoms with Crippen LogP contribution >= 0.6 is 0 Å². The predicted molar refractivity (Wildman–Crippen MR) is 138 cm³/mol. The van der Waals surface area contributed by atoms with Gasteiger partial charge in [-0.05, 0) is 79.5 Å². The molecule has 190 valence electrons. The highest BCUT2D eigenvalue weighted by Gasteiger charge is 2.30. The Bertz CT molecular complexity index is 1210. The summed E-state index contributed by atoms with van der Waals surface area (Å²) in [6, 6.07) is 18.4. The van der Waals surface area contributed by atoms with Gasteiger partial charge in [-0.15, -0.1) is 0 Å². The van der Waals surface area contributed by atoms with Crippen LogP contribution in [0.3, 0.4) is 0 Å². The molecule has 0 radical (unpaired) electrons. The van der Waals surface area contributed by atoms with E-state index in [1.54, 1.807) is 24.3 Å². The standard InChI is InChI=1S/C29H32F3N3O/c1-4-25(34(2)3)19-35-16-15-21-17-24(14-11-22(21)18-35)33-28(36)27-8-6-5-7-26(27)20-9-12-23(13-10-20)29(30,31)32/h5-14,17,25H,4,15-16,18-19H2,1-3H3,(H,33,36). The third-order valence-electron chi connectivity index (χ3n) is 6.92. The molecule has 36 heavy (non-hydrogen) atoms. The number of halogens is 3. The number of anilines is 1. The number of likely N-dealkylation sites (N-methyl/N-ethyl adjacent to an activating group) is 1. The lowest BCUT2D eigenvalue weighted by Gasteiger charge is -2.34. The van der Waals surface area contributed by atoms with Gasteiger partial charge in [0.2, 0.25) is 0 Å². The molecule has 3 aromatic rings. The van der Waals surface area contributed by atoms with Crippen molar-refractivity contribution in [2.24, 2.45) is 0 Å². The molecular formula is C29H32F3N3O. The van der Waals surface area contributed by atoms with E-state index in [2.05, 4.69) is 42.2 Å². The number of fused-ring (bicyclic) bond motifs is 1. The van der Waals surface area contributed by atoms with Gasteiger partial charge in [0.05, 0.1) is 5.56 Å². The number of carbonyl (C=O) groups is 1. The van der Waals surface area contributed by atoms with E-state index in [0.717, 1.165) is 44.6 Å². The highest BCUT2D eigenvalue weighted by molar-refractivity contribution is 6.08. The molecule has 0 spiro atoms. The third kappa shape index (κ3) is 5.97. The maximum Gasteiger partial charge on any atom is 0.416 e. The Morgan fingerprint density at radius 3 is 2.42 bits per heavy atom. The van der Waals surface area contributed by atoms with E-state index in [1.807, 2.05) is 12.1 Å². The maximum absolute atomic E-state index is 13.2. The van der Waals surface area contributed by atoms with E-state index >= 15 is 0 Å². The summed E-state index contributed by atoms with van der Waals surface area (Å²) >= 11 is 0. The van der Waals surface area contributed by atoms with Gasteiger partial charge >= 0.3 is 6.18 Å². The van der Waals surface area contributed by atoms with E-state index in [9.17, 15) is 18.0 Å². The lowest BCUT2D eigenvalue weighted by Crippen LogP contribution is -2.42. The number of carbonyl (C=O) groups excluding carboxylic acids is 1. The van der Waals surface area contributed by atoms with E-state index in [-0.39, 0.29) is 5.91 Å². The molecule has 0 fully saturated rings. The van der Waals surface area contributed by atoms with Crippen LogP contribution in [0.15, 0.2) is 66.7 Å². The van der Waals surface area contributed by atoms with Crippen LogP contribution in [0.25, 0.3) is 11.1 Å². The van der Waals surface area contributed by atoms with Crippen LogP contribution < -0.4 is 5.32 Å². The van der Waals surface area contributed by atoms with Crippen molar-refractivity contribution in [1.82, 2.24) is 9.80 Å². The zero-order valence-electron chi connectivity index (χ0n) is 20.9. The second-order valence-electron chi connectivity index (χ2n) is 9.57. The SMILES string of the molecule is CCC(CN1CCc2cc(NC(=O)c3ccccc3-c3ccc(C(F)(F)F)cc3)ccc2C1)N(C)C. The van der Waals surface area contributed by atoms with Crippen molar-refractivity contribution < 1.29 is 18.0 Å². The summed E-state index contributed by atoms with van der Waals surface area (Å²) in [5, 5.41) is 2.98. The van der Waals surface area contributed by atoms with Crippen molar-refractivity contribution in [2.75, 3.05) is 32.5 Å². The topological polar surface area (TPSA) is 35.6 Å². The van der Waals surface area contributed by atoms with Crippen LogP contribution in [0.1, 0.15) is 40.4 Å². The zero-order valence-corrected chi connectivity index (χ0v) is 20.9. The zero-order chi connectivity index (χ0) is 25.9. The first-order valence-corrected chi connectivity index (χ1v) is 12.2. The molecule has 1 amide bonds. The summed E-state index contributed by atoms with van der Waals surface area (Å²) in [5.41, 5.74) is 4.07. The predicted octanol–water partition coefficient (Wildman–Crippen LogP) is 6.32. The van der Waals surface area contributed by atoms with Crippen LogP contribution in [-0.2, 0) is 19.1 Å². The molecule has 0 aliphatic carbocycles. The number of hydrogen-bond acceptors (Lipinski definition) is 3. The third-order valence-corrected chi connectivity index (χ3v) is 6.92. The Kier molecular flexibility index (Phi) is 7.81. The minimum Gasteiger partial charge on any atom is -0.322 e. The number of benzene rings is 3. The molecule has 1 unspecified atom stereocenters. The normalized spacial score (nSPS) is 15.0. The molecule has 1 aliphatic heterocycles. The first-order valence-electron chi connectivity index (χ1n) is 12.2. The Balaban J connectivity index is 1.48. The lowest BCUT2D eigenvalue weighted by molar-refractivity contribution is -0.137. The van der Waals surface area contributed by atoms with Gasteiger partial charge < -0.3 is 10.2 Å². The molecule has 1 atom stereocenters. The van der Waals surface area contributed by atoms with E-state index in [1.165, 1.54) is 23.3 Å². The van der Waals surface area contributed by atoms with Crippen molar-refractivity contribution in [1.29, 1.82) is 0 Å². The van der Waals surface area contributed by atoms with Gasteiger partial charge in [-0.1, -0.05) is 43.3 Å². The van der Waals surface area contributed by atoms with Gasteiger partial charge in [-0.3, -0.25) is 9.69 Å². The Morgan fingerprint density at radius 2 is 1.75 bits per heavy atom. The first kappa shape index (κ1) is 25.9. The molecule has 1 N–H and O–H groups in total. The Hall–Kier alpha value is -3.16. The second kappa shape index (κ2) is 10.8. The molecule has 4 rings (SSSR count). The van der Waals surface area contributed by atoms with Crippen LogP contribution in [0.4, 0.5) is 18.9 Å². The van der Waals surface area contributed by atoms with Crippen LogP contribution in [0, 0.1) is 0 Å². The molecule has 1 aliphatic rings. The van der Waals surface area contributed by atoms with Gasteiger partial charge in [-0.25, -0.2) is 0 Å². The van der Waals surface area contributed by atoms with Crippen LogP contribution in [-0.4, -0.2) is 48.9 Å². The van der Waals surface area contributed by atoms with Crippen molar-refractivity contribution in [3.63, 3.8) is 0 Å². The van der Waals surface area contributed by atoms with Crippen molar-refractivity contribution in [2.45, 2.75) is 38.5 Å². The highest BCUT2D eigenvalue weighted by Crippen LogP contribution is 2.32. The Morgan fingerprint density at radius 1 is 1.03 bits per heavy atom. The van der Waals surface area contributed by atoms with Crippen molar-refractivity contribution >= 4 is 11.6 Å². The molecule has 4 nitrogen and oxygen atoms in total. The molecule has 0 saturated heterocycles. The fourth-order valence-corrected chi connectivity index (χ4v) is 4.77. The van der Waals surface area contributed by atoms with Crippen molar-refractivity contribution in [3.8, 4) is 11.1 Å². The van der Waals surface area contributed by atoms with E-state index < -0.39 is 11.7 Å². The van der Waals surface area contributed by atoms with Gasteiger partial charge in [0, 0.05) is 36.9 Å². The molecule has 0 aromatic heterocycles. The van der Waals surface area contributed by atoms with Gasteiger partial charge in [-0.2, -0.15) is 13.2 Å². The summed E-state index contributed by atoms with van der Waals surface area (Å²) in [6.07, 6.45) is -2.37. The Labute approximate surface area is 210 Å². The van der Waals surface area contributed by atoms with Gasteiger partial charge in [0.1, 0.15) is 0 Å². The monoisotopic (exact) mass is 495 g/mol. The fraction of sp³-hybridized carbons (Fsp3) is 0.345. The van der Waals surface area contributed by atoms with E-state index in [0.29, 0.717) is 28.4 Å². The minimum atomic E-state index is -4.40. The largest absolute Gasteiger partial charge is 0.416 e. The molecule has 0 saturated carbocycles. The number of rotatable bonds is 7. The maximum atomic E-state index is 13.2. The van der Waals surface area contributed by atoms with Crippen LogP contribution in [0.2, 0.25) is 0 Å². The van der Waals surface area contributed by atoms with Crippen molar-refractivity contribution in [3.05, 3.63) is 89.0 Å². The molecular weight excluding hydrogens is 463 g/mol. The fourth-order valence-electron chi connectivity index (χ4n) is 4.77. The first-order chi connectivity index (χ1) is 17.2. The summed E-state index contributed by atoms with van der Waals surface area (Å²) in [6.45, 7) is 5.12. The quantitative estimate of drug-likeness (QED) is 0.417. The molecule has 3 aromatic carbocycles. The van der Waals surface area contributed by atoms with E-state index in [4.69, 9.17) is 0 Å². The molecule has 7 heteroatoms. The number of nitrogens with zero attached hydrogens (tertiary/aromatic N) is 2. The highest BCUT2D eigenvalue weighted by atomic mass is 19.4. The van der Waals surface area contributed by atoms with Gasteiger partial charge in [0.15, 0.2) is 0 Å². The lowest BCUT2D eigenvalue weighted by atomic mass is 9.97. The second-order valence-corrected chi connectivity index (χ2v) is 9.57. The summed E-state index contributed by atoms with van der Waals surface area (Å²) < 4.78 is 38.8. The average Bonchev–Trinajstić information content (AvgIpc) is 2.86. The number of amides is 1. The minimum absolute atomic E-state index is 0.292. The summed E-state index contributed by atoms with van der Waals surface area (Å²) in [5.74, 6) is -0.292. The number of alkyl halides is 3. The number of nitrogens with one attached hydrogen (secondary N) is 1.